The molecule has 7 heteroatoms. The number of aryl methyl sites for hydroxylation is 1. The van der Waals surface area contributed by atoms with E-state index in [1.807, 2.05) is 0 Å². The SMILES string of the molecule is CN=C(NCCCC(=O)OC1CCCC1)NC1CCN(Cc2ccccc2C)CC1.I. The van der Waals surface area contributed by atoms with Crippen molar-refractivity contribution in [1.29, 1.82) is 0 Å². The summed E-state index contributed by atoms with van der Waals surface area (Å²) in [4.78, 5) is 18.8. The molecule has 0 aromatic heterocycles. The molecular weight excluding hydrogens is 503 g/mol. The summed E-state index contributed by atoms with van der Waals surface area (Å²) in [5, 5.41) is 6.89. The van der Waals surface area contributed by atoms with Crippen molar-refractivity contribution in [3.63, 3.8) is 0 Å². The van der Waals surface area contributed by atoms with Crippen molar-refractivity contribution in [2.45, 2.75) is 77.0 Å². The Hall–Kier alpha value is -1.35. The predicted octanol–water partition coefficient (Wildman–Crippen LogP) is 4.01. The van der Waals surface area contributed by atoms with Gasteiger partial charge in [-0.2, -0.15) is 0 Å². The second-order valence-corrected chi connectivity index (χ2v) is 8.62. The molecule has 1 aliphatic heterocycles. The third-order valence-corrected chi connectivity index (χ3v) is 6.26. The Labute approximate surface area is 204 Å². The second-order valence-electron chi connectivity index (χ2n) is 8.62. The van der Waals surface area contributed by atoms with Crippen LogP contribution in [0.1, 0.15) is 62.5 Å². The van der Waals surface area contributed by atoms with Crippen molar-refractivity contribution in [2.24, 2.45) is 4.99 Å². The molecule has 0 amide bonds. The number of ether oxygens (including phenoxy) is 1. The zero-order valence-corrected chi connectivity index (χ0v) is 21.4. The van der Waals surface area contributed by atoms with Gasteiger partial charge in [0.15, 0.2) is 5.96 Å². The number of nitrogens with zero attached hydrogens (tertiary/aromatic N) is 2. The van der Waals surface area contributed by atoms with Crippen molar-refractivity contribution in [3.8, 4) is 0 Å². The first kappa shape index (κ1) is 25.9. The predicted molar refractivity (Wildman–Crippen MR) is 137 cm³/mol. The van der Waals surface area contributed by atoms with E-state index in [1.165, 1.54) is 24.0 Å². The van der Waals surface area contributed by atoms with E-state index >= 15 is 0 Å². The lowest BCUT2D eigenvalue weighted by Gasteiger charge is -2.33. The highest BCUT2D eigenvalue weighted by Gasteiger charge is 2.21. The third-order valence-electron chi connectivity index (χ3n) is 6.26. The van der Waals surface area contributed by atoms with E-state index in [9.17, 15) is 4.79 Å². The molecule has 2 fully saturated rings. The van der Waals surface area contributed by atoms with Crippen LogP contribution in [0.3, 0.4) is 0 Å². The first-order valence-electron chi connectivity index (χ1n) is 11.6. The molecule has 174 valence electrons. The Morgan fingerprint density at radius 2 is 1.87 bits per heavy atom. The number of carbonyl (C=O) groups excluding carboxylic acids is 1. The molecule has 0 bridgehead atoms. The van der Waals surface area contributed by atoms with E-state index in [0.29, 0.717) is 12.5 Å². The van der Waals surface area contributed by atoms with Crippen LogP contribution in [0.4, 0.5) is 0 Å². The van der Waals surface area contributed by atoms with E-state index in [-0.39, 0.29) is 36.0 Å². The number of piperidine rings is 1. The number of guanidine groups is 1. The van der Waals surface area contributed by atoms with Crippen molar-refractivity contribution < 1.29 is 9.53 Å². The van der Waals surface area contributed by atoms with Crippen LogP contribution in [0.5, 0.6) is 0 Å². The summed E-state index contributed by atoms with van der Waals surface area (Å²) in [6, 6.07) is 9.09. The van der Waals surface area contributed by atoms with Gasteiger partial charge in [-0.1, -0.05) is 24.3 Å². The standard InChI is InChI=1S/C24H38N4O2.HI/c1-19-8-3-4-9-20(19)18-28-16-13-21(14-17-28)27-24(25-2)26-15-7-12-23(29)30-22-10-5-6-11-22;/h3-4,8-9,21-22H,5-7,10-18H2,1-2H3,(H2,25,26,27);1H. The minimum atomic E-state index is -0.0623. The monoisotopic (exact) mass is 542 g/mol. The molecule has 0 atom stereocenters. The summed E-state index contributed by atoms with van der Waals surface area (Å²) in [7, 11) is 1.80. The molecule has 0 radical (unpaired) electrons. The Bertz CT molecular complexity index is 699. The Balaban J connectivity index is 0.00000341. The molecule has 31 heavy (non-hydrogen) atoms. The number of esters is 1. The molecule has 2 aliphatic rings. The summed E-state index contributed by atoms with van der Waals surface area (Å²) < 4.78 is 5.51. The highest BCUT2D eigenvalue weighted by atomic mass is 127. The number of carbonyl (C=O) groups is 1. The summed E-state index contributed by atoms with van der Waals surface area (Å²) in [5.74, 6) is 0.768. The Morgan fingerprint density at radius 1 is 1.16 bits per heavy atom. The van der Waals surface area contributed by atoms with Crippen molar-refractivity contribution in [3.05, 3.63) is 35.4 Å². The average molecular weight is 543 g/mol. The van der Waals surface area contributed by atoms with Gasteiger partial charge in [-0.3, -0.25) is 14.7 Å². The first-order chi connectivity index (χ1) is 14.6. The van der Waals surface area contributed by atoms with Gasteiger partial charge >= 0.3 is 5.97 Å². The largest absolute Gasteiger partial charge is 0.462 e. The maximum Gasteiger partial charge on any atom is 0.306 e. The molecule has 1 heterocycles. The second kappa shape index (κ2) is 13.9. The molecular formula is C24H39IN4O2. The van der Waals surface area contributed by atoms with Gasteiger partial charge in [0.1, 0.15) is 6.10 Å². The summed E-state index contributed by atoms with van der Waals surface area (Å²) in [5.41, 5.74) is 2.79. The fourth-order valence-electron chi connectivity index (χ4n) is 4.34. The number of hydrogen-bond donors (Lipinski definition) is 2. The molecule has 0 spiro atoms. The van der Waals surface area contributed by atoms with Crippen molar-refractivity contribution in [1.82, 2.24) is 15.5 Å². The summed E-state index contributed by atoms with van der Waals surface area (Å²) in [6.45, 7) is 6.13. The number of likely N-dealkylation sites (tertiary alicyclic amines) is 1. The number of rotatable bonds is 8. The number of halogens is 1. The zero-order valence-electron chi connectivity index (χ0n) is 19.1. The fraction of sp³-hybridized carbons (Fsp3) is 0.667. The number of nitrogens with one attached hydrogen (secondary N) is 2. The number of aliphatic imine (C=N–C) groups is 1. The van der Waals surface area contributed by atoms with Crippen LogP contribution in [-0.2, 0) is 16.1 Å². The van der Waals surface area contributed by atoms with E-state index in [1.54, 1.807) is 7.05 Å². The third kappa shape index (κ3) is 8.96. The maximum absolute atomic E-state index is 11.9. The average Bonchev–Trinajstić information content (AvgIpc) is 3.26. The van der Waals surface area contributed by atoms with Gasteiger partial charge in [-0.15, -0.1) is 24.0 Å². The molecule has 3 rings (SSSR count). The van der Waals surface area contributed by atoms with E-state index in [2.05, 4.69) is 51.7 Å². The minimum absolute atomic E-state index is 0. The van der Waals surface area contributed by atoms with Gasteiger partial charge in [-0.25, -0.2) is 0 Å². The minimum Gasteiger partial charge on any atom is -0.462 e. The van der Waals surface area contributed by atoms with Gasteiger partial charge in [0.05, 0.1) is 0 Å². The van der Waals surface area contributed by atoms with E-state index in [4.69, 9.17) is 4.74 Å². The van der Waals surface area contributed by atoms with Gasteiger partial charge < -0.3 is 15.4 Å². The molecule has 1 aromatic carbocycles. The van der Waals surface area contributed by atoms with Crippen molar-refractivity contribution in [2.75, 3.05) is 26.7 Å². The number of benzene rings is 1. The summed E-state index contributed by atoms with van der Waals surface area (Å²) >= 11 is 0. The van der Waals surface area contributed by atoms with Gasteiger partial charge in [0, 0.05) is 45.7 Å². The number of hydrogen-bond acceptors (Lipinski definition) is 4. The van der Waals surface area contributed by atoms with Crippen molar-refractivity contribution >= 4 is 35.9 Å². The van der Waals surface area contributed by atoms with Crippen LogP contribution >= 0.6 is 24.0 Å². The molecule has 0 unspecified atom stereocenters. The van der Waals surface area contributed by atoms with E-state index in [0.717, 1.165) is 64.2 Å². The zero-order chi connectivity index (χ0) is 21.2. The van der Waals surface area contributed by atoms with Gasteiger partial charge in [-0.05, 0) is 63.0 Å². The lowest BCUT2D eigenvalue weighted by atomic mass is 10.0. The van der Waals surface area contributed by atoms with Crippen LogP contribution in [-0.4, -0.2) is 55.7 Å². The maximum atomic E-state index is 11.9. The lowest BCUT2D eigenvalue weighted by molar-refractivity contribution is -0.148. The molecule has 1 saturated heterocycles. The molecule has 1 saturated carbocycles. The topological polar surface area (TPSA) is 66.0 Å². The quantitative estimate of drug-likeness (QED) is 0.171. The van der Waals surface area contributed by atoms with Gasteiger partial charge in [0.2, 0.25) is 0 Å². The van der Waals surface area contributed by atoms with Crippen LogP contribution in [0.15, 0.2) is 29.3 Å². The normalized spacial score (nSPS) is 18.5. The summed E-state index contributed by atoms with van der Waals surface area (Å²) in [6.07, 6.45) is 8.06. The Kier molecular flexibility index (Phi) is 11.6. The van der Waals surface area contributed by atoms with E-state index < -0.39 is 0 Å². The lowest BCUT2D eigenvalue weighted by Crippen LogP contribution is -2.48. The highest BCUT2D eigenvalue weighted by molar-refractivity contribution is 14.0. The smallest absolute Gasteiger partial charge is 0.306 e. The molecule has 1 aromatic rings. The van der Waals surface area contributed by atoms with Crippen LogP contribution < -0.4 is 10.6 Å². The fourth-order valence-corrected chi connectivity index (χ4v) is 4.34. The Morgan fingerprint density at radius 3 is 2.55 bits per heavy atom. The molecule has 2 N–H and O–H groups in total. The van der Waals surface area contributed by atoms with Crippen LogP contribution in [0, 0.1) is 6.92 Å². The van der Waals surface area contributed by atoms with Crippen LogP contribution in [0.2, 0.25) is 0 Å². The molecule has 6 nitrogen and oxygen atoms in total. The van der Waals surface area contributed by atoms with Crippen LogP contribution in [0.25, 0.3) is 0 Å². The van der Waals surface area contributed by atoms with Gasteiger partial charge in [0.25, 0.3) is 0 Å². The molecule has 1 aliphatic carbocycles. The highest BCUT2D eigenvalue weighted by Crippen LogP contribution is 2.21. The first-order valence-corrected chi connectivity index (χ1v) is 11.6.